The molecule has 2 N–H and O–H groups in total. The molecule has 0 unspecified atom stereocenters. The van der Waals surface area contributed by atoms with Crippen LogP contribution in [0.25, 0.3) is 0 Å². The molecule has 2 aliphatic rings. The summed E-state index contributed by atoms with van der Waals surface area (Å²) in [5, 5.41) is 24.0. The lowest BCUT2D eigenvalue weighted by Crippen LogP contribution is -2.55. The molecule has 2 rings (SSSR count). The number of aliphatic hydroxyl groups is 1. The second-order valence-corrected chi connectivity index (χ2v) is 7.62. The van der Waals surface area contributed by atoms with Crippen molar-refractivity contribution in [3.05, 3.63) is 0 Å². The van der Waals surface area contributed by atoms with Crippen LogP contribution in [0.3, 0.4) is 0 Å². The van der Waals surface area contributed by atoms with E-state index in [2.05, 4.69) is 32.2 Å². The van der Waals surface area contributed by atoms with Crippen molar-refractivity contribution >= 4 is 0 Å². The Morgan fingerprint density at radius 1 is 1.11 bits per heavy atom. The van der Waals surface area contributed by atoms with Gasteiger partial charge in [0.15, 0.2) is 0 Å². The van der Waals surface area contributed by atoms with Crippen LogP contribution >= 0.6 is 0 Å². The average molecular weight is 264 g/mol. The fraction of sp³-hybridized carbons (Fsp3) is 0.938. The highest BCUT2D eigenvalue weighted by atomic mass is 16.3. The standard InChI is InChI=1S/C16H28N2O/c1-14(2,3)13-4-6-15(12-17,7-5-13)16(19)8-10-18-11-9-16/h13,18-19H,4-11H2,1-3H3. The van der Waals surface area contributed by atoms with Crippen molar-refractivity contribution in [2.45, 2.75) is 64.9 Å². The molecule has 0 atom stereocenters. The molecular weight excluding hydrogens is 236 g/mol. The third-order valence-electron chi connectivity index (χ3n) is 5.60. The molecule has 108 valence electrons. The van der Waals surface area contributed by atoms with E-state index < -0.39 is 11.0 Å². The first-order chi connectivity index (χ1) is 8.83. The minimum atomic E-state index is -0.768. The van der Waals surface area contributed by atoms with Crippen molar-refractivity contribution < 1.29 is 5.11 Å². The van der Waals surface area contributed by atoms with E-state index >= 15 is 0 Å². The topological polar surface area (TPSA) is 56.0 Å². The molecule has 0 aromatic heterocycles. The number of hydrogen-bond donors (Lipinski definition) is 2. The molecule has 1 aliphatic carbocycles. The second-order valence-electron chi connectivity index (χ2n) is 7.62. The zero-order valence-electron chi connectivity index (χ0n) is 12.6. The van der Waals surface area contributed by atoms with Crippen molar-refractivity contribution in [2.24, 2.45) is 16.7 Å². The molecule has 19 heavy (non-hydrogen) atoms. The molecule has 0 spiro atoms. The van der Waals surface area contributed by atoms with Crippen LogP contribution in [-0.4, -0.2) is 23.8 Å². The number of piperidine rings is 1. The summed E-state index contributed by atoms with van der Waals surface area (Å²) >= 11 is 0. The van der Waals surface area contributed by atoms with Crippen molar-refractivity contribution in [1.82, 2.24) is 5.32 Å². The molecule has 2 fully saturated rings. The largest absolute Gasteiger partial charge is 0.388 e. The van der Waals surface area contributed by atoms with Crippen molar-refractivity contribution in [1.29, 1.82) is 5.26 Å². The van der Waals surface area contributed by atoms with E-state index in [4.69, 9.17) is 0 Å². The van der Waals surface area contributed by atoms with Crippen LogP contribution < -0.4 is 5.32 Å². The Morgan fingerprint density at radius 2 is 1.63 bits per heavy atom. The van der Waals surface area contributed by atoms with Gasteiger partial charge < -0.3 is 10.4 Å². The van der Waals surface area contributed by atoms with Crippen LogP contribution in [0.15, 0.2) is 0 Å². The zero-order chi connectivity index (χ0) is 14.1. The first-order valence-electron chi connectivity index (χ1n) is 7.67. The zero-order valence-corrected chi connectivity index (χ0v) is 12.6. The predicted octanol–water partition coefficient (Wildman–Crippen LogP) is 2.85. The summed E-state index contributed by atoms with van der Waals surface area (Å²) in [6.07, 6.45) is 5.32. The third-order valence-corrected chi connectivity index (χ3v) is 5.60. The fourth-order valence-corrected chi connectivity index (χ4v) is 3.98. The fourth-order valence-electron chi connectivity index (χ4n) is 3.98. The second kappa shape index (κ2) is 5.07. The lowest BCUT2D eigenvalue weighted by molar-refractivity contribution is -0.102. The maximum Gasteiger partial charge on any atom is 0.0861 e. The molecule has 1 aliphatic heterocycles. The Bertz CT molecular complexity index is 350. The lowest BCUT2D eigenvalue weighted by Gasteiger charge is -2.50. The van der Waals surface area contributed by atoms with Crippen LogP contribution in [0.4, 0.5) is 0 Å². The minimum absolute atomic E-state index is 0.318. The lowest BCUT2D eigenvalue weighted by atomic mass is 9.57. The molecule has 1 heterocycles. The van der Waals surface area contributed by atoms with Gasteiger partial charge in [0.2, 0.25) is 0 Å². The van der Waals surface area contributed by atoms with Crippen LogP contribution in [0.2, 0.25) is 0 Å². The summed E-state index contributed by atoms with van der Waals surface area (Å²) < 4.78 is 0. The van der Waals surface area contributed by atoms with Gasteiger partial charge in [-0.05, 0) is 62.9 Å². The molecule has 1 saturated heterocycles. The maximum atomic E-state index is 11.0. The average Bonchev–Trinajstić information content (AvgIpc) is 2.38. The Hall–Kier alpha value is -0.590. The van der Waals surface area contributed by atoms with E-state index in [0.29, 0.717) is 11.3 Å². The summed E-state index contributed by atoms with van der Waals surface area (Å²) in [7, 11) is 0. The van der Waals surface area contributed by atoms with E-state index in [9.17, 15) is 10.4 Å². The summed E-state index contributed by atoms with van der Waals surface area (Å²) in [6, 6.07) is 2.52. The Balaban J connectivity index is 2.12. The van der Waals surface area contributed by atoms with E-state index in [1.807, 2.05) is 0 Å². The first kappa shape index (κ1) is 14.8. The summed E-state index contributed by atoms with van der Waals surface area (Å²) in [6.45, 7) is 8.54. The highest BCUT2D eigenvalue weighted by molar-refractivity contribution is 5.14. The highest BCUT2D eigenvalue weighted by Gasteiger charge is 2.53. The Labute approximate surface area is 117 Å². The van der Waals surface area contributed by atoms with Gasteiger partial charge in [-0.25, -0.2) is 0 Å². The summed E-state index contributed by atoms with van der Waals surface area (Å²) in [4.78, 5) is 0. The monoisotopic (exact) mass is 264 g/mol. The van der Waals surface area contributed by atoms with Gasteiger partial charge in [0.05, 0.1) is 17.1 Å². The molecule has 0 bridgehead atoms. The smallest absolute Gasteiger partial charge is 0.0861 e. The van der Waals surface area contributed by atoms with Crippen LogP contribution in [0, 0.1) is 28.1 Å². The number of hydrogen-bond acceptors (Lipinski definition) is 3. The molecule has 0 radical (unpaired) electrons. The van der Waals surface area contributed by atoms with Crippen LogP contribution in [0.5, 0.6) is 0 Å². The van der Waals surface area contributed by atoms with E-state index in [-0.39, 0.29) is 0 Å². The van der Waals surface area contributed by atoms with Crippen molar-refractivity contribution in [3.8, 4) is 6.07 Å². The molecule has 1 saturated carbocycles. The van der Waals surface area contributed by atoms with E-state index in [1.54, 1.807) is 0 Å². The highest BCUT2D eigenvalue weighted by Crippen LogP contribution is 2.52. The molecule has 3 nitrogen and oxygen atoms in total. The number of rotatable bonds is 1. The summed E-state index contributed by atoms with van der Waals surface area (Å²) in [5.74, 6) is 0.680. The van der Waals surface area contributed by atoms with Crippen LogP contribution in [-0.2, 0) is 0 Å². The van der Waals surface area contributed by atoms with Gasteiger partial charge in [0.25, 0.3) is 0 Å². The van der Waals surface area contributed by atoms with E-state index in [0.717, 1.165) is 51.6 Å². The molecule has 0 aromatic carbocycles. The number of nitrogens with one attached hydrogen (secondary N) is 1. The number of nitriles is 1. The van der Waals surface area contributed by atoms with Gasteiger partial charge in [0, 0.05) is 0 Å². The SMILES string of the molecule is CC(C)(C)C1CCC(C#N)(C2(O)CCNCC2)CC1. The van der Waals surface area contributed by atoms with Crippen molar-refractivity contribution in [3.63, 3.8) is 0 Å². The van der Waals surface area contributed by atoms with Gasteiger partial charge in [-0.15, -0.1) is 0 Å². The van der Waals surface area contributed by atoms with Gasteiger partial charge in [-0.1, -0.05) is 20.8 Å². The quantitative estimate of drug-likeness (QED) is 0.765. The van der Waals surface area contributed by atoms with Gasteiger partial charge >= 0.3 is 0 Å². The van der Waals surface area contributed by atoms with Gasteiger partial charge in [-0.3, -0.25) is 0 Å². The molecule has 0 aromatic rings. The predicted molar refractivity (Wildman–Crippen MR) is 76.5 cm³/mol. The molecule has 3 heteroatoms. The van der Waals surface area contributed by atoms with Crippen LogP contribution in [0.1, 0.15) is 59.3 Å². The first-order valence-corrected chi connectivity index (χ1v) is 7.67. The molecule has 0 amide bonds. The third kappa shape index (κ3) is 2.66. The Morgan fingerprint density at radius 3 is 2.05 bits per heavy atom. The molecular formula is C16H28N2O. The maximum absolute atomic E-state index is 11.0. The van der Waals surface area contributed by atoms with Gasteiger partial charge in [-0.2, -0.15) is 5.26 Å². The van der Waals surface area contributed by atoms with Gasteiger partial charge in [0.1, 0.15) is 0 Å². The van der Waals surface area contributed by atoms with Crippen molar-refractivity contribution in [2.75, 3.05) is 13.1 Å². The number of nitrogens with zero attached hydrogens (tertiary/aromatic N) is 1. The van der Waals surface area contributed by atoms with E-state index in [1.165, 1.54) is 0 Å². The summed E-state index contributed by atoms with van der Waals surface area (Å²) in [5.41, 5.74) is -0.953. The minimum Gasteiger partial charge on any atom is -0.388 e. The normalized spacial score (nSPS) is 35.6. The Kier molecular flexibility index (Phi) is 3.95.